The van der Waals surface area contributed by atoms with E-state index in [9.17, 15) is 4.79 Å². The Morgan fingerprint density at radius 3 is 2.43 bits per heavy atom. The van der Waals surface area contributed by atoms with E-state index in [0.717, 1.165) is 5.56 Å². The normalized spacial score (nSPS) is 15.2. The van der Waals surface area contributed by atoms with Crippen LogP contribution in [0.5, 0.6) is 11.9 Å². The fourth-order valence-corrected chi connectivity index (χ4v) is 4.76. The van der Waals surface area contributed by atoms with Crippen molar-refractivity contribution >= 4 is 34.8 Å². The van der Waals surface area contributed by atoms with Gasteiger partial charge in [-0.1, -0.05) is 29.3 Å². The summed E-state index contributed by atoms with van der Waals surface area (Å²) in [5.74, 6) is 0.643. The molecule has 1 N–H and O–H groups in total. The van der Waals surface area contributed by atoms with Gasteiger partial charge in [-0.15, -0.1) is 0 Å². The molecule has 4 heterocycles. The van der Waals surface area contributed by atoms with Gasteiger partial charge >= 0.3 is 6.01 Å². The minimum Gasteiger partial charge on any atom is -0.481 e. The number of anilines is 1. The molecule has 1 aliphatic heterocycles. The van der Waals surface area contributed by atoms with Gasteiger partial charge in [0.2, 0.25) is 5.88 Å². The largest absolute Gasteiger partial charge is 0.481 e. The molecule has 3 aromatic heterocycles. The van der Waals surface area contributed by atoms with Gasteiger partial charge in [0.1, 0.15) is 11.9 Å². The van der Waals surface area contributed by atoms with Crippen molar-refractivity contribution in [3.63, 3.8) is 0 Å². The first-order valence-corrected chi connectivity index (χ1v) is 12.2. The number of carbonyl (C=O) groups excluding carboxylic acids is 1. The number of aromatic amines is 1. The number of aryl methyl sites for hydroxylation is 1. The number of hydrogen-bond donors (Lipinski definition) is 1. The van der Waals surface area contributed by atoms with Gasteiger partial charge < -0.3 is 14.5 Å². The van der Waals surface area contributed by atoms with Crippen LogP contribution in [0.1, 0.15) is 58.7 Å². The standard InChI is InChI=1S/C26H24Cl2N6O3/c1-13-6-7-14(27)10-18(13)34-21(17-9-8-15(28)11-29-17)19-20(23(34)35)32-24(31-19)26(2,3)16-12-30-25(37-5)33-22(16)36-4/h6-12,21H,1-5H3,(H,31,32). The van der Waals surface area contributed by atoms with Crippen molar-refractivity contribution in [2.75, 3.05) is 19.1 Å². The van der Waals surface area contributed by atoms with Crippen LogP contribution in [0, 0.1) is 6.92 Å². The van der Waals surface area contributed by atoms with Gasteiger partial charge in [0.15, 0.2) is 5.69 Å². The Morgan fingerprint density at radius 1 is 1.00 bits per heavy atom. The number of H-pyrrole nitrogens is 1. The lowest BCUT2D eigenvalue weighted by atomic mass is 9.85. The van der Waals surface area contributed by atoms with Crippen molar-refractivity contribution in [2.45, 2.75) is 32.2 Å². The lowest BCUT2D eigenvalue weighted by molar-refractivity contribution is 0.0988. The fourth-order valence-electron chi connectivity index (χ4n) is 4.48. The van der Waals surface area contributed by atoms with E-state index >= 15 is 0 Å². The van der Waals surface area contributed by atoms with Crippen molar-refractivity contribution in [3.05, 3.63) is 86.8 Å². The number of hydrogen-bond acceptors (Lipinski definition) is 7. The van der Waals surface area contributed by atoms with E-state index in [-0.39, 0.29) is 11.9 Å². The number of aromatic nitrogens is 5. The molecular formula is C26H24Cl2N6O3. The minimum absolute atomic E-state index is 0.190. The lowest BCUT2D eigenvalue weighted by Crippen LogP contribution is -2.31. The van der Waals surface area contributed by atoms with Gasteiger partial charge in [-0.25, -0.2) is 9.97 Å². The van der Waals surface area contributed by atoms with Crippen molar-refractivity contribution < 1.29 is 14.3 Å². The minimum atomic E-state index is -0.739. The summed E-state index contributed by atoms with van der Waals surface area (Å²) < 4.78 is 10.6. The van der Waals surface area contributed by atoms with Gasteiger partial charge in [0, 0.05) is 28.7 Å². The van der Waals surface area contributed by atoms with Crippen LogP contribution in [0.15, 0.2) is 42.7 Å². The number of carbonyl (C=O) groups is 1. The first-order chi connectivity index (χ1) is 17.6. The van der Waals surface area contributed by atoms with Crippen LogP contribution in [-0.4, -0.2) is 45.0 Å². The SMILES string of the molecule is COc1ncc(C(C)(C)c2nc3c([nH]2)C(c2ccc(Cl)cn2)N(c2cc(Cl)ccc2C)C3=O)c(OC)n1. The Morgan fingerprint density at radius 2 is 1.76 bits per heavy atom. The molecule has 1 amide bonds. The Bertz CT molecular complexity index is 1500. The van der Waals surface area contributed by atoms with Gasteiger partial charge in [-0.3, -0.25) is 14.7 Å². The first-order valence-electron chi connectivity index (χ1n) is 11.4. The Kier molecular flexibility index (Phi) is 6.29. The van der Waals surface area contributed by atoms with Crippen molar-refractivity contribution in [1.29, 1.82) is 0 Å². The van der Waals surface area contributed by atoms with Crippen molar-refractivity contribution in [2.24, 2.45) is 0 Å². The van der Waals surface area contributed by atoms with Gasteiger partial charge in [0.25, 0.3) is 5.91 Å². The van der Waals surface area contributed by atoms with Crippen molar-refractivity contribution in [1.82, 2.24) is 24.9 Å². The monoisotopic (exact) mass is 538 g/mol. The van der Waals surface area contributed by atoms with Gasteiger partial charge in [0.05, 0.1) is 36.0 Å². The Balaban J connectivity index is 1.66. The molecule has 0 aliphatic carbocycles. The highest BCUT2D eigenvalue weighted by Crippen LogP contribution is 2.44. The molecule has 5 rings (SSSR count). The molecule has 0 saturated carbocycles. The summed E-state index contributed by atoms with van der Waals surface area (Å²) in [7, 11) is 3.01. The molecule has 1 unspecified atom stereocenters. The zero-order valence-corrected chi connectivity index (χ0v) is 22.3. The molecule has 0 spiro atoms. The molecule has 0 fully saturated rings. The second kappa shape index (κ2) is 9.32. The van der Waals surface area contributed by atoms with Crippen LogP contribution in [0.4, 0.5) is 5.69 Å². The molecule has 9 nitrogen and oxygen atoms in total. The zero-order chi connectivity index (χ0) is 26.5. The quantitative estimate of drug-likeness (QED) is 0.354. The zero-order valence-electron chi connectivity index (χ0n) is 20.8. The van der Waals surface area contributed by atoms with Crippen LogP contribution >= 0.6 is 23.2 Å². The predicted octanol–water partition coefficient (Wildman–Crippen LogP) is 5.30. The number of pyridine rings is 1. The van der Waals surface area contributed by atoms with Crippen LogP contribution in [0.25, 0.3) is 0 Å². The number of methoxy groups -OCH3 is 2. The molecule has 1 atom stereocenters. The summed E-state index contributed by atoms with van der Waals surface area (Å²) in [6.07, 6.45) is 3.20. The molecule has 1 aliphatic rings. The van der Waals surface area contributed by atoms with E-state index in [1.54, 1.807) is 41.6 Å². The summed E-state index contributed by atoms with van der Waals surface area (Å²) in [5.41, 5.74) is 3.07. The number of ether oxygens (including phenoxy) is 2. The molecule has 0 radical (unpaired) electrons. The topological polar surface area (TPSA) is 106 Å². The lowest BCUT2D eigenvalue weighted by Gasteiger charge is -2.28. The maximum absolute atomic E-state index is 13.9. The highest BCUT2D eigenvalue weighted by Gasteiger charge is 2.45. The first kappa shape index (κ1) is 25.0. The summed E-state index contributed by atoms with van der Waals surface area (Å²) in [6.45, 7) is 5.83. The van der Waals surface area contributed by atoms with Gasteiger partial charge in [-0.2, -0.15) is 4.98 Å². The van der Waals surface area contributed by atoms with Crippen LogP contribution in [0.2, 0.25) is 10.0 Å². The molecule has 37 heavy (non-hydrogen) atoms. The number of nitrogens with zero attached hydrogens (tertiary/aromatic N) is 5. The molecule has 0 saturated heterocycles. The maximum atomic E-state index is 13.9. The average molecular weight is 539 g/mol. The van der Waals surface area contributed by atoms with E-state index in [4.69, 9.17) is 37.7 Å². The number of benzene rings is 1. The third-order valence-corrected chi connectivity index (χ3v) is 6.98. The second-order valence-electron chi connectivity index (χ2n) is 9.16. The maximum Gasteiger partial charge on any atom is 0.319 e. The summed E-state index contributed by atoms with van der Waals surface area (Å²) in [5, 5.41) is 1.02. The second-order valence-corrected chi connectivity index (χ2v) is 10.0. The molecule has 4 aromatic rings. The molecule has 11 heteroatoms. The predicted molar refractivity (Wildman–Crippen MR) is 140 cm³/mol. The Hall–Kier alpha value is -3.69. The van der Waals surface area contributed by atoms with Crippen LogP contribution in [-0.2, 0) is 5.41 Å². The third-order valence-electron chi connectivity index (χ3n) is 6.52. The highest BCUT2D eigenvalue weighted by atomic mass is 35.5. The van der Waals surface area contributed by atoms with Gasteiger partial charge in [-0.05, 0) is 50.6 Å². The fraction of sp³-hybridized carbons (Fsp3) is 0.269. The molecule has 1 aromatic carbocycles. The van der Waals surface area contributed by atoms with Crippen LogP contribution in [0.3, 0.4) is 0 Å². The average Bonchev–Trinajstić information content (AvgIpc) is 3.44. The van der Waals surface area contributed by atoms with Crippen molar-refractivity contribution in [3.8, 4) is 11.9 Å². The summed E-state index contributed by atoms with van der Waals surface area (Å²) in [6, 6.07) is 8.61. The molecular weight excluding hydrogens is 515 g/mol. The number of rotatable bonds is 6. The molecule has 190 valence electrons. The summed E-state index contributed by atoms with van der Waals surface area (Å²) >= 11 is 12.4. The van der Waals surface area contributed by atoms with E-state index in [1.165, 1.54) is 14.2 Å². The molecule has 0 bridgehead atoms. The number of imidazole rings is 1. The summed E-state index contributed by atoms with van der Waals surface area (Å²) in [4.78, 5) is 36.8. The number of fused-ring (bicyclic) bond motifs is 1. The number of nitrogens with one attached hydrogen (secondary N) is 1. The third kappa shape index (κ3) is 4.18. The van der Waals surface area contributed by atoms with E-state index in [0.29, 0.717) is 50.1 Å². The number of halogens is 2. The Labute approximate surface area is 223 Å². The van der Waals surface area contributed by atoms with E-state index < -0.39 is 11.5 Å². The highest BCUT2D eigenvalue weighted by molar-refractivity contribution is 6.31. The van der Waals surface area contributed by atoms with E-state index in [2.05, 4.69) is 19.9 Å². The number of amides is 1. The smallest absolute Gasteiger partial charge is 0.319 e. The van der Waals surface area contributed by atoms with Crippen LogP contribution < -0.4 is 14.4 Å². The van der Waals surface area contributed by atoms with E-state index in [1.807, 2.05) is 26.8 Å².